The number of aryl methyl sites for hydroxylation is 3. The predicted octanol–water partition coefficient (Wildman–Crippen LogP) is 4.51. The molecule has 0 aromatic heterocycles. The third-order valence-corrected chi connectivity index (χ3v) is 5.09. The van der Waals surface area contributed by atoms with Crippen molar-refractivity contribution in [2.45, 2.75) is 46.0 Å². The van der Waals surface area contributed by atoms with Gasteiger partial charge in [-0.1, -0.05) is 44.2 Å². The van der Waals surface area contributed by atoms with E-state index in [1.54, 1.807) is 16.5 Å². The molecule has 0 saturated heterocycles. The minimum Gasteiger partial charge on any atom is -0.320 e. The summed E-state index contributed by atoms with van der Waals surface area (Å²) in [6, 6.07) is 11.6. The zero-order valence-electron chi connectivity index (χ0n) is 13.6. The highest BCUT2D eigenvalue weighted by Crippen LogP contribution is 2.34. The molecule has 0 amide bonds. The molecule has 2 aromatic carbocycles. The molecule has 1 nitrogen and oxygen atoms in total. The quantitative estimate of drug-likeness (QED) is 0.821. The number of nitrogens with one attached hydrogen (secondary N) is 1. The van der Waals surface area contributed by atoms with Gasteiger partial charge in [0.2, 0.25) is 0 Å². The second-order valence-electron chi connectivity index (χ2n) is 7.24. The Labute approximate surface area is 128 Å². The number of benzene rings is 2. The lowest BCUT2D eigenvalue weighted by molar-refractivity contribution is 0.306. The first-order chi connectivity index (χ1) is 10.1. The van der Waals surface area contributed by atoms with Crippen LogP contribution in [0.25, 0.3) is 10.8 Å². The Hall–Kier alpha value is -1.34. The van der Waals surface area contributed by atoms with Gasteiger partial charge in [0.25, 0.3) is 0 Å². The summed E-state index contributed by atoms with van der Waals surface area (Å²) in [4.78, 5) is 0. The van der Waals surface area contributed by atoms with Crippen LogP contribution in [0.4, 0.5) is 0 Å². The van der Waals surface area contributed by atoms with Crippen molar-refractivity contribution >= 4 is 10.8 Å². The van der Waals surface area contributed by atoms with Crippen LogP contribution < -0.4 is 5.32 Å². The van der Waals surface area contributed by atoms with Gasteiger partial charge < -0.3 is 5.32 Å². The van der Waals surface area contributed by atoms with Crippen LogP contribution >= 0.6 is 0 Å². The Morgan fingerprint density at radius 3 is 2.52 bits per heavy atom. The molecule has 0 aliphatic heterocycles. The first-order valence-corrected chi connectivity index (χ1v) is 8.28. The van der Waals surface area contributed by atoms with E-state index in [1.807, 2.05) is 7.05 Å². The summed E-state index contributed by atoms with van der Waals surface area (Å²) in [6.45, 7) is 5.89. The standard InChI is InChI=1S/C20H27N/c1-20(2,13-14-21-3)12-11-15-7-8-17-10-9-16-5-4-6-18(15)19(16)17/h4-8,21H,9-14H2,1-3H3. The minimum absolute atomic E-state index is 0.409. The predicted molar refractivity (Wildman–Crippen MR) is 92.0 cm³/mol. The van der Waals surface area contributed by atoms with Gasteiger partial charge in [-0.3, -0.25) is 0 Å². The molecular weight excluding hydrogens is 254 g/mol. The zero-order chi connectivity index (χ0) is 14.9. The van der Waals surface area contributed by atoms with Gasteiger partial charge in [-0.15, -0.1) is 0 Å². The van der Waals surface area contributed by atoms with Crippen LogP contribution in [-0.4, -0.2) is 13.6 Å². The van der Waals surface area contributed by atoms with Crippen molar-refractivity contribution in [2.24, 2.45) is 5.41 Å². The van der Waals surface area contributed by atoms with Crippen molar-refractivity contribution in [3.8, 4) is 0 Å². The molecule has 1 heteroatoms. The Morgan fingerprint density at radius 1 is 1.00 bits per heavy atom. The summed E-state index contributed by atoms with van der Waals surface area (Å²) >= 11 is 0. The van der Waals surface area contributed by atoms with E-state index in [0.29, 0.717) is 5.41 Å². The summed E-state index contributed by atoms with van der Waals surface area (Å²) in [7, 11) is 2.04. The highest BCUT2D eigenvalue weighted by molar-refractivity contribution is 5.93. The summed E-state index contributed by atoms with van der Waals surface area (Å²) in [5.74, 6) is 0. The third kappa shape index (κ3) is 2.98. The van der Waals surface area contributed by atoms with Crippen molar-refractivity contribution < 1.29 is 0 Å². The first kappa shape index (κ1) is 14.6. The highest BCUT2D eigenvalue weighted by atomic mass is 14.8. The molecule has 0 bridgehead atoms. The van der Waals surface area contributed by atoms with Gasteiger partial charge in [0.15, 0.2) is 0 Å². The molecule has 112 valence electrons. The van der Waals surface area contributed by atoms with E-state index in [9.17, 15) is 0 Å². The number of hydrogen-bond donors (Lipinski definition) is 1. The lowest BCUT2D eigenvalue weighted by Gasteiger charge is -2.25. The van der Waals surface area contributed by atoms with Gasteiger partial charge in [-0.25, -0.2) is 0 Å². The van der Waals surface area contributed by atoms with Gasteiger partial charge in [0.1, 0.15) is 0 Å². The smallest absolute Gasteiger partial charge is 0.00468 e. The fourth-order valence-corrected chi connectivity index (χ4v) is 3.59. The average molecular weight is 281 g/mol. The topological polar surface area (TPSA) is 12.0 Å². The Balaban J connectivity index is 1.83. The van der Waals surface area contributed by atoms with Crippen molar-refractivity contribution in [2.75, 3.05) is 13.6 Å². The van der Waals surface area contributed by atoms with Gasteiger partial charge in [-0.05, 0) is 78.6 Å². The summed E-state index contributed by atoms with van der Waals surface area (Å²) in [6.07, 6.45) is 6.14. The lowest BCUT2D eigenvalue weighted by atomic mass is 9.82. The Morgan fingerprint density at radius 2 is 1.76 bits per heavy atom. The van der Waals surface area contributed by atoms with E-state index in [2.05, 4.69) is 49.5 Å². The molecule has 0 heterocycles. The SMILES string of the molecule is CNCCC(C)(C)CCc1ccc2c3c(cccc13)CC2. The maximum absolute atomic E-state index is 3.27. The third-order valence-electron chi connectivity index (χ3n) is 5.09. The second kappa shape index (κ2) is 5.81. The van der Waals surface area contributed by atoms with Crippen molar-refractivity contribution in [3.05, 3.63) is 47.0 Å². The van der Waals surface area contributed by atoms with E-state index in [1.165, 1.54) is 43.1 Å². The van der Waals surface area contributed by atoms with E-state index >= 15 is 0 Å². The fourth-order valence-electron chi connectivity index (χ4n) is 3.59. The van der Waals surface area contributed by atoms with Crippen LogP contribution in [0.1, 0.15) is 43.4 Å². The summed E-state index contributed by atoms with van der Waals surface area (Å²) in [5, 5.41) is 6.34. The first-order valence-electron chi connectivity index (χ1n) is 8.28. The molecule has 1 aliphatic carbocycles. The molecule has 0 atom stereocenters. The molecule has 0 spiro atoms. The summed E-state index contributed by atoms with van der Waals surface area (Å²) in [5.41, 5.74) is 5.05. The summed E-state index contributed by atoms with van der Waals surface area (Å²) < 4.78 is 0. The molecule has 0 saturated carbocycles. The molecule has 1 N–H and O–H groups in total. The Kier molecular flexibility index (Phi) is 4.03. The largest absolute Gasteiger partial charge is 0.320 e. The average Bonchev–Trinajstić information content (AvgIpc) is 2.90. The van der Waals surface area contributed by atoms with Crippen LogP contribution in [0.2, 0.25) is 0 Å². The highest BCUT2D eigenvalue weighted by Gasteiger charge is 2.19. The molecule has 0 fully saturated rings. The van der Waals surface area contributed by atoms with Crippen LogP contribution in [0, 0.1) is 5.41 Å². The molecule has 2 aromatic rings. The van der Waals surface area contributed by atoms with Crippen LogP contribution in [0.5, 0.6) is 0 Å². The van der Waals surface area contributed by atoms with Crippen molar-refractivity contribution in [3.63, 3.8) is 0 Å². The molecule has 3 rings (SSSR count). The normalized spacial score (nSPS) is 14.0. The van der Waals surface area contributed by atoms with E-state index in [-0.39, 0.29) is 0 Å². The Bertz CT molecular complexity index is 629. The van der Waals surface area contributed by atoms with Crippen LogP contribution in [0.15, 0.2) is 30.3 Å². The van der Waals surface area contributed by atoms with Crippen LogP contribution in [-0.2, 0) is 19.3 Å². The number of rotatable bonds is 6. The van der Waals surface area contributed by atoms with E-state index in [4.69, 9.17) is 0 Å². The minimum atomic E-state index is 0.409. The molecule has 0 radical (unpaired) electrons. The second-order valence-corrected chi connectivity index (χ2v) is 7.24. The monoisotopic (exact) mass is 281 g/mol. The lowest BCUT2D eigenvalue weighted by Crippen LogP contribution is -2.20. The fraction of sp³-hybridized carbons (Fsp3) is 0.500. The number of hydrogen-bond acceptors (Lipinski definition) is 1. The maximum Gasteiger partial charge on any atom is -0.00468 e. The molecular formula is C20H27N. The van der Waals surface area contributed by atoms with E-state index < -0.39 is 0 Å². The van der Waals surface area contributed by atoms with Crippen molar-refractivity contribution in [1.29, 1.82) is 0 Å². The maximum atomic E-state index is 3.27. The van der Waals surface area contributed by atoms with Crippen molar-refractivity contribution in [1.82, 2.24) is 5.32 Å². The molecule has 21 heavy (non-hydrogen) atoms. The zero-order valence-corrected chi connectivity index (χ0v) is 13.6. The van der Waals surface area contributed by atoms with Gasteiger partial charge in [0, 0.05) is 0 Å². The van der Waals surface area contributed by atoms with Crippen LogP contribution in [0.3, 0.4) is 0 Å². The van der Waals surface area contributed by atoms with Gasteiger partial charge in [0.05, 0.1) is 0 Å². The van der Waals surface area contributed by atoms with Gasteiger partial charge >= 0.3 is 0 Å². The molecule has 1 aliphatic rings. The van der Waals surface area contributed by atoms with E-state index in [0.717, 1.165) is 6.54 Å². The van der Waals surface area contributed by atoms with Gasteiger partial charge in [-0.2, -0.15) is 0 Å². The molecule has 0 unspecified atom stereocenters.